The minimum atomic E-state index is -0.942. The summed E-state index contributed by atoms with van der Waals surface area (Å²) < 4.78 is 11.7. The van der Waals surface area contributed by atoms with E-state index < -0.39 is 11.9 Å². The van der Waals surface area contributed by atoms with Crippen LogP contribution in [0.1, 0.15) is 104 Å². The van der Waals surface area contributed by atoms with Gasteiger partial charge >= 0.3 is 11.9 Å². The maximum atomic E-state index is 12.3. The summed E-state index contributed by atoms with van der Waals surface area (Å²) in [5, 5.41) is 47.3. The molecule has 2 atom stereocenters. The van der Waals surface area contributed by atoms with Crippen LogP contribution in [0, 0.1) is 0 Å². The summed E-state index contributed by atoms with van der Waals surface area (Å²) in [6.45, 7) is 5.58. The third kappa shape index (κ3) is 16.0. The van der Waals surface area contributed by atoms with Crippen molar-refractivity contribution in [3.8, 4) is 45.8 Å². The number of aliphatic carboxylic acids is 2. The van der Waals surface area contributed by atoms with Crippen molar-refractivity contribution in [2.24, 2.45) is 0 Å². The number of nitrogens with zero attached hydrogens (tertiary/aromatic N) is 4. The van der Waals surface area contributed by atoms with E-state index in [-0.39, 0.29) is 37.4 Å². The van der Waals surface area contributed by atoms with Crippen molar-refractivity contribution >= 4 is 29.2 Å². The van der Waals surface area contributed by atoms with Gasteiger partial charge in [-0.3, -0.25) is 14.4 Å². The van der Waals surface area contributed by atoms with E-state index in [0.717, 1.165) is 83.3 Å². The fraction of sp³-hybridized carbons (Fsp3) is 0.259. The van der Waals surface area contributed by atoms with Gasteiger partial charge in [0.1, 0.15) is 0 Å². The first-order valence-electron chi connectivity index (χ1n) is 24.8. The Bertz CT molecular complexity index is 2930. The molecule has 0 saturated heterocycles. The maximum absolute atomic E-state index is 12.3. The lowest BCUT2D eigenvalue weighted by atomic mass is 9.99. The molecule has 1 amide bonds. The fourth-order valence-corrected chi connectivity index (χ4v) is 7.90. The first kappa shape index (κ1) is 52.4. The van der Waals surface area contributed by atoms with E-state index in [4.69, 9.17) is 19.0 Å². The molecule has 15 heteroatoms. The van der Waals surface area contributed by atoms with Gasteiger partial charge in [0, 0.05) is 58.8 Å². The number of carboxylic acid groups (broad SMARTS) is 2. The second-order valence-corrected chi connectivity index (χ2v) is 17.5. The molecule has 2 aromatic heterocycles. The van der Waals surface area contributed by atoms with Gasteiger partial charge in [0.15, 0.2) is 0 Å². The van der Waals surface area contributed by atoms with Gasteiger partial charge in [-0.2, -0.15) is 0 Å². The van der Waals surface area contributed by atoms with Gasteiger partial charge in [-0.05, 0) is 114 Å². The summed E-state index contributed by atoms with van der Waals surface area (Å²) in [5.41, 5.74) is 9.42. The molecule has 2 unspecified atom stereocenters. The van der Waals surface area contributed by atoms with Crippen LogP contribution in [0.4, 0.5) is 11.4 Å². The zero-order valence-corrected chi connectivity index (χ0v) is 41.2. The molecule has 2 heterocycles. The van der Waals surface area contributed by atoms with Crippen molar-refractivity contribution in [2.45, 2.75) is 83.8 Å². The highest BCUT2D eigenvalue weighted by Crippen LogP contribution is 2.31. The molecule has 0 bridgehead atoms. The van der Waals surface area contributed by atoms with Crippen molar-refractivity contribution in [1.29, 1.82) is 0 Å². The Morgan fingerprint density at radius 3 is 1.30 bits per heavy atom. The number of carbonyl (C=O) groups is 3. The molecule has 0 aliphatic carbocycles. The third-order valence-corrected chi connectivity index (χ3v) is 12.0. The maximum Gasteiger partial charge on any atom is 0.305 e. The second kappa shape index (κ2) is 27.2. The Morgan fingerprint density at radius 2 is 0.890 bits per heavy atom. The summed E-state index contributed by atoms with van der Waals surface area (Å²) in [6.07, 6.45) is 6.36. The number of hydrogen-bond donors (Lipinski definition) is 6. The van der Waals surface area contributed by atoms with Gasteiger partial charge in [-0.15, -0.1) is 20.4 Å². The highest BCUT2D eigenvalue weighted by atomic mass is 16.4. The first-order chi connectivity index (χ1) is 35.6. The van der Waals surface area contributed by atoms with Crippen molar-refractivity contribution in [1.82, 2.24) is 31.0 Å². The quantitative estimate of drug-likeness (QED) is 0.0294. The number of rotatable bonds is 25. The predicted octanol–water partition coefficient (Wildman–Crippen LogP) is 12.3. The number of carbonyl (C=O) groups excluding carboxylic acids is 1. The molecule has 376 valence electrons. The average Bonchev–Trinajstić information content (AvgIpc) is 4.13. The smallest absolute Gasteiger partial charge is 0.305 e. The number of benzene rings is 6. The number of nitrogens with one attached hydrogen (secondary N) is 4. The standard InChI is InChI=1S/C29H30N4O4.C29H32N4O3/c1-2-3-9-25(20-10-12-21(13-11-20)27(36)30-19-18-26(34)35)31-24-16-14-23(15-17-24)29-33-32-28(37-29)22-7-5-4-6-8-22;1-2-3-9-26(22-12-10-21(11-13-22)20-30-19-18-27(34)35)31-25-16-14-24(15-17-25)29-33-32-28(36-29)23-7-5-4-6-8-23/h4-8,10-17,25,31H,2-3,9,18-19H2,1H3,(H,30,36)(H,34,35);4-8,10-17,26,30-31H,2-3,9,18-20H2,1H3,(H,34,35). The van der Waals surface area contributed by atoms with Gasteiger partial charge in [-0.1, -0.05) is 112 Å². The molecule has 0 saturated carbocycles. The fourth-order valence-electron chi connectivity index (χ4n) is 7.90. The van der Waals surface area contributed by atoms with Crippen molar-refractivity contribution in [2.75, 3.05) is 23.7 Å². The Kier molecular flexibility index (Phi) is 19.6. The predicted molar refractivity (Wildman–Crippen MR) is 284 cm³/mol. The molecular weight excluding hydrogens is 921 g/mol. The minimum absolute atomic E-state index is 0.0722. The Balaban J connectivity index is 0.000000214. The zero-order valence-electron chi connectivity index (χ0n) is 41.2. The number of unbranched alkanes of at least 4 members (excludes halogenated alkanes) is 2. The largest absolute Gasteiger partial charge is 0.481 e. The third-order valence-electron chi connectivity index (χ3n) is 12.0. The lowest BCUT2D eigenvalue weighted by Gasteiger charge is -2.21. The average molecular weight is 983 g/mol. The van der Waals surface area contributed by atoms with Gasteiger partial charge in [0.2, 0.25) is 23.6 Å². The minimum Gasteiger partial charge on any atom is -0.481 e. The summed E-state index contributed by atoms with van der Waals surface area (Å²) in [4.78, 5) is 33.6. The lowest BCUT2D eigenvalue weighted by Crippen LogP contribution is -2.26. The van der Waals surface area contributed by atoms with Crippen LogP contribution in [0.25, 0.3) is 45.8 Å². The molecule has 6 aromatic carbocycles. The van der Waals surface area contributed by atoms with Crippen molar-refractivity contribution in [3.05, 3.63) is 180 Å². The van der Waals surface area contributed by atoms with E-state index in [2.05, 4.69) is 79.8 Å². The molecule has 0 aliphatic heterocycles. The monoisotopic (exact) mass is 982 g/mol. The van der Waals surface area contributed by atoms with Crippen LogP contribution in [0.2, 0.25) is 0 Å². The Labute approximate surface area is 425 Å². The molecular formula is C58H62N8O7. The van der Waals surface area contributed by atoms with Gasteiger partial charge < -0.3 is 40.3 Å². The number of carboxylic acids is 2. The summed E-state index contributed by atoms with van der Waals surface area (Å²) in [6, 6.07) is 51.6. The van der Waals surface area contributed by atoms with E-state index in [1.54, 1.807) is 12.1 Å². The van der Waals surface area contributed by atoms with Gasteiger partial charge in [0.05, 0.1) is 24.9 Å². The van der Waals surface area contributed by atoms with Crippen LogP contribution < -0.4 is 21.3 Å². The molecule has 0 radical (unpaired) electrons. The second-order valence-electron chi connectivity index (χ2n) is 17.5. The van der Waals surface area contributed by atoms with Crippen molar-refractivity contribution in [3.63, 3.8) is 0 Å². The highest BCUT2D eigenvalue weighted by Gasteiger charge is 2.17. The first-order valence-corrected chi connectivity index (χ1v) is 24.8. The van der Waals surface area contributed by atoms with Gasteiger partial charge in [0.25, 0.3) is 5.91 Å². The van der Waals surface area contributed by atoms with E-state index in [9.17, 15) is 14.4 Å². The van der Waals surface area contributed by atoms with Crippen LogP contribution in [-0.2, 0) is 16.1 Å². The molecule has 73 heavy (non-hydrogen) atoms. The summed E-state index contributed by atoms with van der Waals surface area (Å²) >= 11 is 0. The van der Waals surface area contributed by atoms with Gasteiger partial charge in [-0.25, -0.2) is 0 Å². The van der Waals surface area contributed by atoms with Crippen LogP contribution in [0.3, 0.4) is 0 Å². The number of aromatic nitrogens is 4. The number of hydrogen-bond acceptors (Lipinski definition) is 12. The van der Waals surface area contributed by atoms with Crippen LogP contribution >= 0.6 is 0 Å². The topological polar surface area (TPSA) is 218 Å². The zero-order chi connectivity index (χ0) is 51.2. The summed E-state index contributed by atoms with van der Waals surface area (Å²) in [7, 11) is 0. The van der Waals surface area contributed by atoms with Crippen molar-refractivity contribution < 1.29 is 33.4 Å². The number of anilines is 2. The SMILES string of the molecule is CCCCC(Nc1ccc(-c2nnc(-c3ccccc3)o2)cc1)c1ccc(C(=O)NCCC(=O)O)cc1.CCCCC(Nc1ccc(-c2nnc(-c3ccccc3)o2)cc1)c1ccc(CNCCC(=O)O)cc1. The van der Waals surface area contributed by atoms with E-state index in [1.807, 2.05) is 121 Å². The normalized spacial score (nSPS) is 11.7. The van der Waals surface area contributed by atoms with Crippen LogP contribution in [0.5, 0.6) is 0 Å². The summed E-state index contributed by atoms with van der Waals surface area (Å²) in [5.74, 6) is -0.0600. The Morgan fingerprint density at radius 1 is 0.493 bits per heavy atom. The molecule has 0 spiro atoms. The molecule has 8 aromatic rings. The van der Waals surface area contributed by atoms with E-state index >= 15 is 0 Å². The highest BCUT2D eigenvalue weighted by molar-refractivity contribution is 5.94. The Hall–Kier alpha value is -8.43. The molecule has 0 fully saturated rings. The molecule has 8 rings (SSSR count). The van der Waals surface area contributed by atoms with E-state index in [1.165, 1.54) is 5.56 Å². The molecule has 15 nitrogen and oxygen atoms in total. The van der Waals surface area contributed by atoms with E-state index in [0.29, 0.717) is 42.2 Å². The molecule has 6 N–H and O–H groups in total. The lowest BCUT2D eigenvalue weighted by molar-refractivity contribution is -0.137. The number of amides is 1. The molecule has 0 aliphatic rings. The van der Waals surface area contributed by atoms with Crippen LogP contribution in [-0.4, -0.2) is 61.5 Å². The van der Waals surface area contributed by atoms with Crippen LogP contribution in [0.15, 0.2) is 167 Å².